The van der Waals surface area contributed by atoms with Gasteiger partial charge in [0.2, 0.25) is 5.91 Å². The minimum atomic E-state index is 0.0867. The number of hydrogen-bond acceptors (Lipinski definition) is 2. The number of anilines is 1. The molecule has 3 heteroatoms. The SMILES string of the molecule is CCCC(=O)Nc1ccccc1C(C)NCC. The van der Waals surface area contributed by atoms with Crippen molar-refractivity contribution < 1.29 is 4.79 Å². The highest BCUT2D eigenvalue weighted by Gasteiger charge is 2.10. The smallest absolute Gasteiger partial charge is 0.224 e. The normalized spacial score (nSPS) is 12.2. The van der Waals surface area contributed by atoms with E-state index in [2.05, 4.69) is 30.5 Å². The van der Waals surface area contributed by atoms with Crippen LogP contribution in [0, 0.1) is 0 Å². The van der Waals surface area contributed by atoms with Crippen LogP contribution in [-0.4, -0.2) is 12.5 Å². The molecule has 0 bridgehead atoms. The number of amides is 1. The molecule has 94 valence electrons. The van der Waals surface area contributed by atoms with Gasteiger partial charge in [0, 0.05) is 18.2 Å². The molecular formula is C14H22N2O. The predicted octanol–water partition coefficient (Wildman–Crippen LogP) is 3.10. The first-order valence-corrected chi connectivity index (χ1v) is 6.31. The maximum absolute atomic E-state index is 11.6. The molecule has 1 unspecified atom stereocenters. The molecule has 1 rings (SSSR count). The van der Waals surface area contributed by atoms with Gasteiger partial charge in [-0.05, 0) is 31.5 Å². The Hall–Kier alpha value is -1.35. The molecule has 0 aliphatic heterocycles. The average Bonchev–Trinajstić information content (AvgIpc) is 2.30. The molecule has 0 radical (unpaired) electrons. The molecule has 3 nitrogen and oxygen atoms in total. The van der Waals surface area contributed by atoms with E-state index in [1.807, 2.05) is 25.1 Å². The van der Waals surface area contributed by atoms with Crippen LogP contribution in [0.2, 0.25) is 0 Å². The van der Waals surface area contributed by atoms with Crippen LogP contribution < -0.4 is 10.6 Å². The van der Waals surface area contributed by atoms with E-state index in [-0.39, 0.29) is 11.9 Å². The van der Waals surface area contributed by atoms with E-state index in [0.29, 0.717) is 6.42 Å². The monoisotopic (exact) mass is 234 g/mol. The summed E-state index contributed by atoms with van der Waals surface area (Å²) in [5.41, 5.74) is 2.05. The number of carbonyl (C=O) groups is 1. The first-order chi connectivity index (χ1) is 8.19. The van der Waals surface area contributed by atoms with E-state index in [9.17, 15) is 4.79 Å². The van der Waals surface area contributed by atoms with Crippen LogP contribution in [0.4, 0.5) is 5.69 Å². The first kappa shape index (κ1) is 13.7. The van der Waals surface area contributed by atoms with Crippen molar-refractivity contribution in [1.29, 1.82) is 0 Å². The zero-order valence-electron chi connectivity index (χ0n) is 10.9. The molecule has 0 heterocycles. The van der Waals surface area contributed by atoms with E-state index in [1.54, 1.807) is 0 Å². The van der Waals surface area contributed by atoms with Gasteiger partial charge in [0.25, 0.3) is 0 Å². The second kappa shape index (κ2) is 7.07. The van der Waals surface area contributed by atoms with E-state index in [0.717, 1.165) is 24.2 Å². The Kier molecular flexibility index (Phi) is 5.70. The highest BCUT2D eigenvalue weighted by Crippen LogP contribution is 2.22. The van der Waals surface area contributed by atoms with Gasteiger partial charge in [-0.25, -0.2) is 0 Å². The molecular weight excluding hydrogens is 212 g/mol. The third-order valence-electron chi connectivity index (χ3n) is 2.69. The molecule has 1 amide bonds. The molecule has 1 aromatic carbocycles. The molecule has 2 N–H and O–H groups in total. The number of nitrogens with one attached hydrogen (secondary N) is 2. The lowest BCUT2D eigenvalue weighted by Crippen LogP contribution is -2.20. The second-order valence-corrected chi connectivity index (χ2v) is 4.16. The molecule has 1 atom stereocenters. The van der Waals surface area contributed by atoms with Gasteiger partial charge in [0.05, 0.1) is 0 Å². The predicted molar refractivity (Wildman–Crippen MR) is 72.1 cm³/mol. The molecule has 1 aromatic rings. The Bertz CT molecular complexity index is 363. The Morgan fingerprint density at radius 2 is 2.00 bits per heavy atom. The van der Waals surface area contributed by atoms with Crippen molar-refractivity contribution in [3.63, 3.8) is 0 Å². The first-order valence-electron chi connectivity index (χ1n) is 6.31. The van der Waals surface area contributed by atoms with E-state index < -0.39 is 0 Å². The highest BCUT2D eigenvalue weighted by atomic mass is 16.1. The average molecular weight is 234 g/mol. The lowest BCUT2D eigenvalue weighted by molar-refractivity contribution is -0.116. The topological polar surface area (TPSA) is 41.1 Å². The van der Waals surface area contributed by atoms with Gasteiger partial charge >= 0.3 is 0 Å². The number of rotatable bonds is 6. The third-order valence-corrected chi connectivity index (χ3v) is 2.69. The van der Waals surface area contributed by atoms with Crippen molar-refractivity contribution in [3.05, 3.63) is 29.8 Å². The van der Waals surface area contributed by atoms with Crippen LogP contribution in [0.1, 0.15) is 45.2 Å². The summed E-state index contributed by atoms with van der Waals surface area (Å²) in [6, 6.07) is 8.20. The maximum atomic E-state index is 11.6. The largest absolute Gasteiger partial charge is 0.326 e. The molecule has 0 saturated heterocycles. The van der Waals surface area contributed by atoms with Crippen molar-refractivity contribution in [1.82, 2.24) is 5.32 Å². The molecule has 0 aromatic heterocycles. The van der Waals surface area contributed by atoms with Crippen LogP contribution in [0.25, 0.3) is 0 Å². The van der Waals surface area contributed by atoms with Gasteiger partial charge in [-0.3, -0.25) is 4.79 Å². The van der Waals surface area contributed by atoms with Gasteiger partial charge in [-0.15, -0.1) is 0 Å². The van der Waals surface area contributed by atoms with Gasteiger partial charge in [-0.1, -0.05) is 32.0 Å². The van der Waals surface area contributed by atoms with Crippen molar-refractivity contribution >= 4 is 11.6 Å². The number of hydrogen-bond donors (Lipinski definition) is 2. The Morgan fingerprint density at radius 1 is 1.29 bits per heavy atom. The molecule has 0 spiro atoms. The number of carbonyl (C=O) groups excluding carboxylic acids is 1. The van der Waals surface area contributed by atoms with Crippen LogP contribution in [0.3, 0.4) is 0 Å². The molecule has 17 heavy (non-hydrogen) atoms. The quantitative estimate of drug-likeness (QED) is 0.794. The second-order valence-electron chi connectivity index (χ2n) is 4.16. The summed E-state index contributed by atoms with van der Waals surface area (Å²) < 4.78 is 0. The Morgan fingerprint density at radius 3 is 2.65 bits per heavy atom. The van der Waals surface area contributed by atoms with Crippen LogP contribution >= 0.6 is 0 Å². The lowest BCUT2D eigenvalue weighted by atomic mass is 10.1. The van der Waals surface area contributed by atoms with E-state index >= 15 is 0 Å². The molecule has 0 fully saturated rings. The zero-order chi connectivity index (χ0) is 12.7. The summed E-state index contributed by atoms with van der Waals surface area (Å²) in [5, 5.41) is 6.33. The van der Waals surface area contributed by atoms with E-state index in [4.69, 9.17) is 0 Å². The zero-order valence-corrected chi connectivity index (χ0v) is 10.9. The van der Waals surface area contributed by atoms with Gasteiger partial charge in [0.1, 0.15) is 0 Å². The van der Waals surface area contributed by atoms with E-state index in [1.165, 1.54) is 0 Å². The number of benzene rings is 1. The van der Waals surface area contributed by atoms with Gasteiger partial charge in [0.15, 0.2) is 0 Å². The van der Waals surface area contributed by atoms with Crippen molar-refractivity contribution in [3.8, 4) is 0 Å². The fraction of sp³-hybridized carbons (Fsp3) is 0.500. The van der Waals surface area contributed by atoms with Crippen LogP contribution in [-0.2, 0) is 4.79 Å². The summed E-state index contributed by atoms with van der Waals surface area (Å²) >= 11 is 0. The molecule has 0 saturated carbocycles. The number of para-hydroxylation sites is 1. The minimum Gasteiger partial charge on any atom is -0.326 e. The van der Waals surface area contributed by atoms with Crippen LogP contribution in [0.15, 0.2) is 24.3 Å². The summed E-state index contributed by atoms with van der Waals surface area (Å²) in [6.07, 6.45) is 1.45. The summed E-state index contributed by atoms with van der Waals surface area (Å²) in [4.78, 5) is 11.6. The van der Waals surface area contributed by atoms with Crippen molar-refractivity contribution in [2.45, 2.75) is 39.7 Å². The summed E-state index contributed by atoms with van der Waals surface area (Å²) in [7, 11) is 0. The Balaban J connectivity index is 2.80. The fourth-order valence-electron chi connectivity index (χ4n) is 1.84. The minimum absolute atomic E-state index is 0.0867. The maximum Gasteiger partial charge on any atom is 0.224 e. The molecule has 0 aliphatic carbocycles. The molecule has 0 aliphatic rings. The summed E-state index contributed by atoms with van der Waals surface area (Å²) in [6.45, 7) is 7.11. The van der Waals surface area contributed by atoms with Crippen molar-refractivity contribution in [2.75, 3.05) is 11.9 Å². The Labute approximate surface area is 104 Å². The fourth-order valence-corrected chi connectivity index (χ4v) is 1.84. The van der Waals surface area contributed by atoms with Gasteiger partial charge in [-0.2, -0.15) is 0 Å². The lowest BCUT2D eigenvalue weighted by Gasteiger charge is -2.17. The third kappa shape index (κ3) is 4.19. The summed E-state index contributed by atoms with van der Waals surface area (Å²) in [5.74, 6) is 0.0867. The van der Waals surface area contributed by atoms with Crippen molar-refractivity contribution in [2.24, 2.45) is 0 Å². The van der Waals surface area contributed by atoms with Crippen LogP contribution in [0.5, 0.6) is 0 Å². The van der Waals surface area contributed by atoms with Gasteiger partial charge < -0.3 is 10.6 Å². The highest BCUT2D eigenvalue weighted by molar-refractivity contribution is 5.91. The standard InChI is InChI=1S/C14H22N2O/c1-4-8-14(17)16-13-10-7-6-9-12(13)11(3)15-5-2/h6-7,9-11,15H,4-5,8H2,1-3H3,(H,16,17).